The molecule has 1 aromatic rings. The van der Waals surface area contributed by atoms with Gasteiger partial charge in [-0.05, 0) is 31.4 Å². The van der Waals surface area contributed by atoms with Crippen LogP contribution in [-0.2, 0) is 0 Å². The van der Waals surface area contributed by atoms with Crippen LogP contribution in [0.4, 0.5) is 0 Å². The summed E-state index contributed by atoms with van der Waals surface area (Å²) in [6.07, 6.45) is 6.12. The summed E-state index contributed by atoms with van der Waals surface area (Å²) in [5, 5.41) is 9.46. The molecule has 1 fully saturated rings. The van der Waals surface area contributed by atoms with Crippen molar-refractivity contribution < 1.29 is 4.79 Å². The van der Waals surface area contributed by atoms with Gasteiger partial charge in [0.05, 0.1) is 0 Å². The molecule has 5 nitrogen and oxygen atoms in total. The van der Waals surface area contributed by atoms with Gasteiger partial charge in [-0.1, -0.05) is 12.8 Å². The molecule has 0 aromatic carbocycles. The fourth-order valence-electron chi connectivity index (χ4n) is 2.31. The lowest BCUT2D eigenvalue weighted by atomic mass is 9.84. The van der Waals surface area contributed by atoms with E-state index in [9.17, 15) is 4.79 Å². The minimum atomic E-state index is -0.0807. The van der Waals surface area contributed by atoms with Crippen LogP contribution in [-0.4, -0.2) is 28.7 Å². The predicted molar refractivity (Wildman–Crippen MR) is 60.9 cm³/mol. The molecule has 4 N–H and O–H groups in total. The number of H-pyrrole nitrogens is 1. The number of nitrogens with zero attached hydrogens (tertiary/aromatic N) is 1. The third kappa shape index (κ3) is 2.41. The van der Waals surface area contributed by atoms with Gasteiger partial charge in [0.25, 0.3) is 5.91 Å². The molecule has 1 aromatic heterocycles. The molecular formula is C11H18N4O. The lowest BCUT2D eigenvalue weighted by molar-refractivity contribution is 0.0903. The van der Waals surface area contributed by atoms with Crippen LogP contribution in [0.25, 0.3) is 0 Å². The van der Waals surface area contributed by atoms with Gasteiger partial charge in [-0.2, -0.15) is 5.10 Å². The summed E-state index contributed by atoms with van der Waals surface area (Å²) in [5.74, 6) is 0.337. The summed E-state index contributed by atoms with van der Waals surface area (Å²) >= 11 is 0. The fraction of sp³-hybridized carbons (Fsp3) is 0.636. The van der Waals surface area contributed by atoms with Gasteiger partial charge >= 0.3 is 0 Å². The summed E-state index contributed by atoms with van der Waals surface area (Å²) in [6.45, 7) is 0.647. The average Bonchev–Trinajstić information content (AvgIpc) is 2.83. The standard InChI is InChI=1S/C11H18N4O/c12-7-8-3-1-2-4-9(8)14-11(16)10-5-6-13-15-10/h5-6,8-9H,1-4,7,12H2,(H,13,15)(H,14,16). The summed E-state index contributed by atoms with van der Waals surface area (Å²) < 4.78 is 0. The van der Waals surface area contributed by atoms with E-state index in [1.165, 1.54) is 12.8 Å². The van der Waals surface area contributed by atoms with Gasteiger partial charge < -0.3 is 11.1 Å². The summed E-state index contributed by atoms with van der Waals surface area (Å²) in [6, 6.07) is 1.89. The van der Waals surface area contributed by atoms with Crippen molar-refractivity contribution in [2.45, 2.75) is 31.7 Å². The second-order valence-corrected chi connectivity index (χ2v) is 4.33. The first-order valence-electron chi connectivity index (χ1n) is 5.81. The van der Waals surface area contributed by atoms with E-state index in [0.29, 0.717) is 18.2 Å². The first-order chi connectivity index (χ1) is 7.81. The van der Waals surface area contributed by atoms with E-state index in [-0.39, 0.29) is 11.9 Å². The first-order valence-corrected chi connectivity index (χ1v) is 5.81. The molecule has 1 saturated carbocycles. The highest BCUT2D eigenvalue weighted by Crippen LogP contribution is 2.23. The highest BCUT2D eigenvalue weighted by atomic mass is 16.2. The number of aromatic nitrogens is 2. The van der Waals surface area contributed by atoms with Crippen LogP contribution in [0.5, 0.6) is 0 Å². The molecule has 0 radical (unpaired) electrons. The van der Waals surface area contributed by atoms with Crippen LogP contribution in [0.1, 0.15) is 36.2 Å². The van der Waals surface area contributed by atoms with Gasteiger partial charge in [0, 0.05) is 12.2 Å². The third-order valence-corrected chi connectivity index (χ3v) is 3.27. The Bertz CT molecular complexity index is 336. The number of amides is 1. The average molecular weight is 222 g/mol. The van der Waals surface area contributed by atoms with Crippen molar-refractivity contribution in [1.29, 1.82) is 0 Å². The maximum atomic E-state index is 11.8. The van der Waals surface area contributed by atoms with Crippen LogP contribution in [0.2, 0.25) is 0 Å². The minimum Gasteiger partial charge on any atom is -0.348 e. The van der Waals surface area contributed by atoms with Crippen LogP contribution in [0, 0.1) is 5.92 Å². The van der Waals surface area contributed by atoms with E-state index < -0.39 is 0 Å². The van der Waals surface area contributed by atoms with Gasteiger partial charge in [0.15, 0.2) is 0 Å². The van der Waals surface area contributed by atoms with Gasteiger partial charge in [-0.15, -0.1) is 0 Å². The Labute approximate surface area is 94.8 Å². The number of nitrogens with two attached hydrogens (primary N) is 1. The second-order valence-electron chi connectivity index (χ2n) is 4.33. The summed E-state index contributed by atoms with van der Waals surface area (Å²) in [7, 11) is 0. The van der Waals surface area contributed by atoms with Crippen molar-refractivity contribution in [2.24, 2.45) is 11.7 Å². The van der Waals surface area contributed by atoms with E-state index in [1.807, 2.05) is 0 Å². The van der Waals surface area contributed by atoms with Gasteiger partial charge in [0.1, 0.15) is 5.69 Å². The zero-order chi connectivity index (χ0) is 11.4. The van der Waals surface area contributed by atoms with Crippen LogP contribution >= 0.6 is 0 Å². The number of carbonyl (C=O) groups excluding carboxylic acids is 1. The summed E-state index contributed by atoms with van der Waals surface area (Å²) in [5.41, 5.74) is 6.23. The molecule has 1 heterocycles. The normalized spacial score (nSPS) is 25.3. The number of carbonyl (C=O) groups is 1. The molecule has 2 atom stereocenters. The Balaban J connectivity index is 1.95. The Morgan fingerprint density at radius 3 is 3.06 bits per heavy atom. The van der Waals surface area contributed by atoms with Crippen LogP contribution in [0.3, 0.4) is 0 Å². The molecule has 1 aliphatic carbocycles. The van der Waals surface area contributed by atoms with Gasteiger partial charge in [0.2, 0.25) is 0 Å². The highest BCUT2D eigenvalue weighted by Gasteiger charge is 2.25. The lowest BCUT2D eigenvalue weighted by Gasteiger charge is -2.31. The number of hydrogen-bond donors (Lipinski definition) is 3. The molecule has 1 amide bonds. The Morgan fingerprint density at radius 1 is 1.56 bits per heavy atom. The zero-order valence-electron chi connectivity index (χ0n) is 9.28. The van der Waals surface area contributed by atoms with Crippen molar-refractivity contribution in [2.75, 3.05) is 6.54 Å². The maximum Gasteiger partial charge on any atom is 0.269 e. The van der Waals surface area contributed by atoms with E-state index in [1.54, 1.807) is 12.3 Å². The van der Waals surface area contributed by atoms with Gasteiger partial charge in [-0.3, -0.25) is 9.89 Å². The lowest BCUT2D eigenvalue weighted by Crippen LogP contribution is -2.44. The molecule has 0 bridgehead atoms. The molecule has 16 heavy (non-hydrogen) atoms. The molecule has 2 rings (SSSR count). The number of rotatable bonds is 3. The molecule has 0 spiro atoms. The molecule has 0 saturated heterocycles. The van der Waals surface area contributed by atoms with Crippen molar-refractivity contribution in [3.63, 3.8) is 0 Å². The summed E-state index contributed by atoms with van der Waals surface area (Å²) in [4.78, 5) is 11.8. The smallest absolute Gasteiger partial charge is 0.269 e. The van der Waals surface area contributed by atoms with Gasteiger partial charge in [-0.25, -0.2) is 0 Å². The first kappa shape index (κ1) is 11.1. The van der Waals surface area contributed by atoms with E-state index in [4.69, 9.17) is 5.73 Å². The van der Waals surface area contributed by atoms with E-state index >= 15 is 0 Å². The zero-order valence-corrected chi connectivity index (χ0v) is 9.28. The highest BCUT2D eigenvalue weighted by molar-refractivity contribution is 5.92. The molecule has 0 aliphatic heterocycles. The predicted octanol–water partition coefficient (Wildman–Crippen LogP) is 0.657. The minimum absolute atomic E-state index is 0.0807. The van der Waals surface area contributed by atoms with Crippen LogP contribution in [0.15, 0.2) is 12.3 Å². The van der Waals surface area contributed by atoms with Crippen molar-refractivity contribution >= 4 is 5.91 Å². The second kappa shape index (κ2) is 5.12. The topological polar surface area (TPSA) is 83.8 Å². The molecule has 2 unspecified atom stereocenters. The molecule has 88 valence electrons. The van der Waals surface area contributed by atoms with Crippen molar-refractivity contribution in [1.82, 2.24) is 15.5 Å². The third-order valence-electron chi connectivity index (χ3n) is 3.27. The fourth-order valence-corrected chi connectivity index (χ4v) is 2.31. The quantitative estimate of drug-likeness (QED) is 0.702. The number of aromatic amines is 1. The number of nitrogens with one attached hydrogen (secondary N) is 2. The van der Waals surface area contributed by atoms with Crippen LogP contribution < -0.4 is 11.1 Å². The molecular weight excluding hydrogens is 204 g/mol. The van der Waals surface area contributed by atoms with E-state index in [2.05, 4.69) is 15.5 Å². The molecule has 5 heteroatoms. The van der Waals surface area contributed by atoms with Crippen molar-refractivity contribution in [3.8, 4) is 0 Å². The molecule has 1 aliphatic rings. The Morgan fingerprint density at radius 2 is 2.38 bits per heavy atom. The largest absolute Gasteiger partial charge is 0.348 e. The monoisotopic (exact) mass is 222 g/mol. The maximum absolute atomic E-state index is 11.8. The SMILES string of the molecule is NCC1CCCCC1NC(=O)c1ccn[nH]1. The Hall–Kier alpha value is -1.36. The van der Waals surface area contributed by atoms with E-state index in [0.717, 1.165) is 12.8 Å². The number of hydrogen-bond acceptors (Lipinski definition) is 3. The Kier molecular flexibility index (Phi) is 3.56. The van der Waals surface area contributed by atoms with Crippen molar-refractivity contribution in [3.05, 3.63) is 18.0 Å².